The first kappa shape index (κ1) is 205. The van der Waals surface area contributed by atoms with Gasteiger partial charge in [0, 0.05) is 0 Å². The van der Waals surface area contributed by atoms with Crippen LogP contribution in [0.15, 0.2) is 0 Å². The van der Waals surface area contributed by atoms with E-state index >= 15 is 0 Å². The number of rotatable bonds is 0. The number of hydrogen-bond donors (Lipinski definition) is 0. The van der Waals surface area contributed by atoms with E-state index in [-0.39, 0.29) is 91.7 Å². The van der Waals surface area contributed by atoms with Crippen LogP contribution < -0.4 is 18.9 Å². The van der Waals surface area contributed by atoms with E-state index in [1.165, 1.54) is 0 Å². The molecule has 0 N–H and O–H groups in total. The van der Waals surface area contributed by atoms with Crippen LogP contribution in [0.2, 0.25) is 0 Å². The maximum absolute atomic E-state index is 0. The summed E-state index contributed by atoms with van der Waals surface area (Å²) in [7, 11) is 0. The molecule has 0 aliphatic rings. The second-order valence-electron chi connectivity index (χ2n) is 0. The van der Waals surface area contributed by atoms with Gasteiger partial charge in [0.1, 0.15) is 0 Å². The van der Waals surface area contributed by atoms with Gasteiger partial charge >= 0.3 is 69.8 Å². The van der Waals surface area contributed by atoms with Crippen LogP contribution in [0.3, 0.4) is 0 Å². The van der Waals surface area contributed by atoms with Crippen molar-refractivity contribution in [1.82, 2.24) is 0 Å². The molecule has 0 saturated heterocycles. The Balaban J connectivity index is 0. The van der Waals surface area contributed by atoms with Crippen molar-refractivity contribution in [2.24, 2.45) is 0 Å². The first-order valence-electron chi connectivity index (χ1n) is 0. The minimum Gasteiger partial charge on any atom is -2.00 e. The SMILES string of the molecule is [Cr+3].[Li+].[Mn+2].[Ni+2].[O-2].[O-2].[O-2].[O-2]. The van der Waals surface area contributed by atoms with E-state index in [9.17, 15) is 0 Å². The van der Waals surface area contributed by atoms with Gasteiger partial charge in [0.15, 0.2) is 0 Å². The molecule has 0 spiro atoms. The summed E-state index contributed by atoms with van der Waals surface area (Å²) >= 11 is 0. The summed E-state index contributed by atoms with van der Waals surface area (Å²) in [5.74, 6) is 0. The van der Waals surface area contributed by atoms with Crippen molar-refractivity contribution in [3.8, 4) is 0 Å². The van der Waals surface area contributed by atoms with Gasteiger partial charge in [-0.15, -0.1) is 0 Å². The van der Waals surface area contributed by atoms with Gasteiger partial charge in [-0.25, -0.2) is 0 Å². The Morgan fingerprint density at radius 3 is 0.625 bits per heavy atom. The Labute approximate surface area is 91.1 Å². The van der Waals surface area contributed by atoms with E-state index in [0.717, 1.165) is 0 Å². The average Bonchev–Trinajstić information content (AvgIpc) is 0. The topological polar surface area (TPSA) is 114 Å². The molecule has 48 valence electrons. The monoisotopic (exact) mass is 236 g/mol. The molecule has 2 radical (unpaired) electrons. The van der Waals surface area contributed by atoms with E-state index in [1.807, 2.05) is 0 Å². The first-order valence-corrected chi connectivity index (χ1v) is 0. The van der Waals surface area contributed by atoms with Crippen molar-refractivity contribution in [3.05, 3.63) is 0 Å². The zero-order valence-electron chi connectivity index (χ0n) is 3.74. The molecular formula is CrLiMnNiO4. The van der Waals surface area contributed by atoms with Crippen molar-refractivity contribution in [2.75, 3.05) is 0 Å². The molecule has 8 heteroatoms. The summed E-state index contributed by atoms with van der Waals surface area (Å²) in [5, 5.41) is 0. The molecule has 0 unspecified atom stereocenters. The Bertz CT molecular complexity index is 16.0. The molecule has 0 atom stereocenters. The van der Waals surface area contributed by atoms with E-state index in [4.69, 9.17) is 0 Å². The summed E-state index contributed by atoms with van der Waals surface area (Å²) in [6.45, 7) is 0. The third-order valence-corrected chi connectivity index (χ3v) is 0. The van der Waals surface area contributed by atoms with Crippen LogP contribution in [0.25, 0.3) is 0 Å². The van der Waals surface area contributed by atoms with Gasteiger partial charge in [-0.3, -0.25) is 0 Å². The summed E-state index contributed by atoms with van der Waals surface area (Å²) < 4.78 is 0. The van der Waals surface area contributed by atoms with Crippen molar-refractivity contribution in [1.29, 1.82) is 0 Å². The second kappa shape index (κ2) is 146. The fourth-order valence-electron chi connectivity index (χ4n) is 0. The Hall–Kier alpha value is 1.98. The molecule has 0 fully saturated rings. The molecule has 0 aliphatic carbocycles. The maximum atomic E-state index is 0. The van der Waals surface area contributed by atoms with Crippen molar-refractivity contribution >= 4 is 0 Å². The molecule has 8 heavy (non-hydrogen) atoms. The normalized spacial score (nSPS) is 0. The summed E-state index contributed by atoms with van der Waals surface area (Å²) in [5.41, 5.74) is 0. The zero-order valence-corrected chi connectivity index (χ0v) is 7.18. The molecule has 0 amide bonds. The second-order valence-corrected chi connectivity index (χ2v) is 0. The molecule has 0 rings (SSSR count). The number of hydrogen-bond acceptors (Lipinski definition) is 0. The molecule has 0 aromatic rings. The molecule has 0 saturated carbocycles. The van der Waals surface area contributed by atoms with Crippen LogP contribution in [0.4, 0.5) is 0 Å². The average molecular weight is 237 g/mol. The van der Waals surface area contributed by atoms with E-state index in [2.05, 4.69) is 0 Å². The van der Waals surface area contributed by atoms with Crippen LogP contribution in [0.1, 0.15) is 0 Å². The first-order chi connectivity index (χ1) is 0. The summed E-state index contributed by atoms with van der Waals surface area (Å²) in [6.07, 6.45) is 0. The predicted molar refractivity (Wildman–Crippen MR) is 2.75 cm³/mol. The van der Waals surface area contributed by atoms with Crippen LogP contribution in [0.5, 0.6) is 0 Å². The van der Waals surface area contributed by atoms with Gasteiger partial charge < -0.3 is 21.9 Å². The van der Waals surface area contributed by atoms with Gasteiger partial charge in [-0.2, -0.15) is 0 Å². The van der Waals surface area contributed by atoms with Crippen LogP contribution in [-0.2, 0) is 72.8 Å². The van der Waals surface area contributed by atoms with Crippen LogP contribution in [0, 0.1) is 0 Å². The fourth-order valence-corrected chi connectivity index (χ4v) is 0. The van der Waals surface area contributed by atoms with Crippen LogP contribution in [-0.4, -0.2) is 0 Å². The van der Waals surface area contributed by atoms with Gasteiger partial charge in [0.2, 0.25) is 0 Å². The minimum absolute atomic E-state index is 0. The van der Waals surface area contributed by atoms with Gasteiger partial charge in [-0.1, -0.05) is 0 Å². The largest absolute Gasteiger partial charge is 3.00 e. The molecule has 0 aromatic heterocycles. The molecular weight excluding hydrogens is 237 g/mol. The van der Waals surface area contributed by atoms with Gasteiger partial charge in [-0.05, 0) is 0 Å². The zero-order chi connectivity index (χ0) is 0. The Kier molecular flexibility index (Phi) is 3730. The summed E-state index contributed by atoms with van der Waals surface area (Å²) in [4.78, 5) is 0. The smallest absolute Gasteiger partial charge is 2.00 e. The third-order valence-electron chi connectivity index (χ3n) is 0. The fraction of sp³-hybridized carbons (Fsp3) is 0. The Morgan fingerprint density at radius 2 is 0.625 bits per heavy atom. The van der Waals surface area contributed by atoms with Crippen molar-refractivity contribution < 1.29 is 91.7 Å². The standard InChI is InChI=1S/Cr.Li.Mn.Ni.4O/q+3;+1;2*+2;4*-2. The van der Waals surface area contributed by atoms with Crippen molar-refractivity contribution in [3.63, 3.8) is 0 Å². The molecule has 4 nitrogen and oxygen atoms in total. The van der Waals surface area contributed by atoms with Crippen LogP contribution >= 0.6 is 0 Å². The quantitative estimate of drug-likeness (QED) is 0.389. The summed E-state index contributed by atoms with van der Waals surface area (Å²) in [6, 6.07) is 0. The van der Waals surface area contributed by atoms with Crippen molar-refractivity contribution in [2.45, 2.75) is 0 Å². The minimum atomic E-state index is 0. The van der Waals surface area contributed by atoms with E-state index < -0.39 is 0 Å². The van der Waals surface area contributed by atoms with Gasteiger partial charge in [0.05, 0.1) is 0 Å². The Morgan fingerprint density at radius 1 is 0.625 bits per heavy atom. The third kappa shape index (κ3) is 99.0. The predicted octanol–water partition coefficient (Wildman–Crippen LogP) is -3.48. The molecule has 0 aliphatic heterocycles. The van der Waals surface area contributed by atoms with Gasteiger partial charge in [0.25, 0.3) is 0 Å². The molecule has 0 heterocycles. The molecule has 0 bridgehead atoms. The van der Waals surface area contributed by atoms with E-state index in [0.29, 0.717) is 0 Å². The van der Waals surface area contributed by atoms with E-state index in [1.54, 1.807) is 0 Å². The maximum Gasteiger partial charge on any atom is 3.00 e. The molecule has 0 aromatic carbocycles.